The van der Waals surface area contributed by atoms with Crippen LogP contribution in [0.25, 0.3) is 11.2 Å². The van der Waals surface area contributed by atoms with E-state index in [1.165, 1.54) is 17.2 Å². The van der Waals surface area contributed by atoms with Crippen molar-refractivity contribution >= 4 is 17.0 Å². The monoisotopic (exact) mass is 383 g/mol. The van der Waals surface area contributed by atoms with Crippen molar-refractivity contribution in [1.82, 2.24) is 19.5 Å². The van der Waals surface area contributed by atoms with Gasteiger partial charge in [0, 0.05) is 13.2 Å². The fourth-order valence-corrected chi connectivity index (χ4v) is 3.04. The van der Waals surface area contributed by atoms with Crippen molar-refractivity contribution in [2.24, 2.45) is 5.92 Å². The molecule has 0 bridgehead atoms. The first-order valence-corrected chi connectivity index (χ1v) is 8.80. The smallest absolute Gasteiger partial charge is 0.183 e. The van der Waals surface area contributed by atoms with Gasteiger partial charge in [0.05, 0.1) is 6.61 Å². The molecule has 3 heterocycles. The van der Waals surface area contributed by atoms with E-state index >= 15 is 0 Å². The fourth-order valence-electron chi connectivity index (χ4n) is 3.04. The Kier molecular flexibility index (Phi) is 6.19. The van der Waals surface area contributed by atoms with Crippen LogP contribution in [0.5, 0.6) is 0 Å². The van der Waals surface area contributed by atoms with Gasteiger partial charge in [0.2, 0.25) is 0 Å². The summed E-state index contributed by atoms with van der Waals surface area (Å²) >= 11 is 0. The molecule has 0 saturated carbocycles. The van der Waals surface area contributed by atoms with E-state index in [-0.39, 0.29) is 12.5 Å². The van der Waals surface area contributed by atoms with E-state index < -0.39 is 37.3 Å². The van der Waals surface area contributed by atoms with Crippen LogP contribution in [0.4, 0.5) is 5.82 Å². The van der Waals surface area contributed by atoms with Gasteiger partial charge in [-0.3, -0.25) is 4.57 Å². The van der Waals surface area contributed by atoms with Gasteiger partial charge >= 0.3 is 0 Å². The quantitative estimate of drug-likeness (QED) is 0.322. The Morgan fingerprint density at radius 2 is 1.93 bits per heavy atom. The minimum atomic E-state index is -1.50. The maximum Gasteiger partial charge on any atom is 0.183 e. The van der Waals surface area contributed by atoms with Crippen LogP contribution in [0.15, 0.2) is 12.7 Å². The lowest BCUT2D eigenvalue weighted by atomic mass is 9.98. The summed E-state index contributed by atoms with van der Waals surface area (Å²) in [6.45, 7) is 2.04. The van der Waals surface area contributed by atoms with Crippen molar-refractivity contribution in [2.75, 3.05) is 25.1 Å². The number of imidazole rings is 1. The number of aliphatic hydroxyl groups is 5. The molecule has 1 aliphatic rings. The second kappa shape index (κ2) is 8.42. The summed E-state index contributed by atoms with van der Waals surface area (Å²) in [5.41, 5.74) is 0.818. The lowest BCUT2D eigenvalue weighted by Crippen LogP contribution is -2.56. The summed E-state index contributed by atoms with van der Waals surface area (Å²) in [5.74, 6) is 0.588. The molecule has 6 N–H and O–H groups in total. The third kappa shape index (κ3) is 3.88. The molecule has 0 spiro atoms. The van der Waals surface area contributed by atoms with Crippen LogP contribution in [0.2, 0.25) is 0 Å². The summed E-state index contributed by atoms with van der Waals surface area (Å²) in [5, 5.41) is 52.0. The van der Waals surface area contributed by atoms with Crippen LogP contribution in [0.3, 0.4) is 0 Å². The van der Waals surface area contributed by atoms with Crippen molar-refractivity contribution < 1.29 is 30.3 Å². The number of hydrogen-bond acceptors (Lipinski definition) is 10. The minimum absolute atomic E-state index is 0.0870. The molecule has 11 nitrogen and oxygen atoms in total. The van der Waals surface area contributed by atoms with E-state index in [0.717, 1.165) is 6.42 Å². The van der Waals surface area contributed by atoms with E-state index in [9.17, 15) is 20.4 Å². The average molecular weight is 383 g/mol. The molecule has 2 aromatic heterocycles. The van der Waals surface area contributed by atoms with E-state index in [0.29, 0.717) is 23.5 Å². The highest BCUT2D eigenvalue weighted by molar-refractivity contribution is 5.83. The zero-order chi connectivity index (χ0) is 19.6. The number of aliphatic hydroxyl groups excluding tert-OH is 5. The van der Waals surface area contributed by atoms with Crippen LogP contribution >= 0.6 is 0 Å². The molecule has 1 aliphatic heterocycles. The molecule has 150 valence electrons. The van der Waals surface area contributed by atoms with Gasteiger partial charge in [-0.15, -0.1) is 0 Å². The van der Waals surface area contributed by atoms with Crippen molar-refractivity contribution in [3.8, 4) is 0 Å². The highest BCUT2D eigenvalue weighted by atomic mass is 16.6. The number of nitrogens with zero attached hydrogens (tertiary/aromatic N) is 4. The Hall–Kier alpha value is -1.89. The summed E-state index contributed by atoms with van der Waals surface area (Å²) < 4.78 is 7.06. The van der Waals surface area contributed by atoms with Crippen LogP contribution in [-0.4, -0.2) is 89.2 Å². The number of fused-ring (bicyclic) bond motifs is 1. The summed E-state index contributed by atoms with van der Waals surface area (Å²) in [6.07, 6.45) is -3.03. The standard InChI is InChI=1S/C16H25N5O6/c1-8(4-22)2-3-17-14-10-15(19-6-18-14)20-7-21(10)16-13(26)12(25)11(24)9(5-23)27-16/h6-9,11-13,16,22-26H,2-5H2,1H3,(H,17,18,19)/t8?,9-,11-,12+,13-,16?/m1/s1. The first-order valence-electron chi connectivity index (χ1n) is 8.80. The van der Waals surface area contributed by atoms with Gasteiger partial charge in [-0.2, -0.15) is 0 Å². The lowest BCUT2D eigenvalue weighted by Gasteiger charge is -2.40. The Balaban J connectivity index is 1.90. The topological polar surface area (TPSA) is 166 Å². The first-order chi connectivity index (χ1) is 13.0. The van der Waals surface area contributed by atoms with Crippen molar-refractivity contribution in [3.05, 3.63) is 12.7 Å². The number of ether oxygens (including phenoxy) is 1. The predicted molar refractivity (Wildman–Crippen MR) is 93.7 cm³/mol. The molecule has 2 aromatic rings. The van der Waals surface area contributed by atoms with Gasteiger partial charge < -0.3 is 35.6 Å². The molecule has 0 aromatic carbocycles. The van der Waals surface area contributed by atoms with Crippen molar-refractivity contribution in [2.45, 2.75) is 44.0 Å². The number of anilines is 1. The summed E-state index contributed by atoms with van der Waals surface area (Å²) in [6, 6.07) is 0. The predicted octanol–water partition coefficient (Wildman–Crippen LogP) is -1.77. The molecular weight excluding hydrogens is 358 g/mol. The fraction of sp³-hybridized carbons (Fsp3) is 0.688. The molecular formula is C16H25N5O6. The van der Waals surface area contributed by atoms with Crippen LogP contribution < -0.4 is 5.32 Å². The van der Waals surface area contributed by atoms with Crippen molar-refractivity contribution in [1.29, 1.82) is 0 Å². The van der Waals surface area contributed by atoms with E-state index in [4.69, 9.17) is 9.84 Å². The maximum atomic E-state index is 10.4. The SMILES string of the molecule is CC(CO)CCNc1ncnc2ncn(C3O[C@H](CO)[C@@H](O)[C@H](O)[C@H]3O)c12. The third-order valence-corrected chi connectivity index (χ3v) is 4.75. The van der Waals surface area contributed by atoms with Gasteiger partial charge in [0.15, 0.2) is 17.7 Å². The Bertz CT molecular complexity index is 756. The Morgan fingerprint density at radius 1 is 1.15 bits per heavy atom. The second-order valence-electron chi connectivity index (χ2n) is 6.77. The van der Waals surface area contributed by atoms with E-state index in [1.54, 1.807) is 0 Å². The van der Waals surface area contributed by atoms with E-state index in [2.05, 4.69) is 20.3 Å². The van der Waals surface area contributed by atoms with Gasteiger partial charge in [-0.1, -0.05) is 6.92 Å². The second-order valence-corrected chi connectivity index (χ2v) is 6.77. The van der Waals surface area contributed by atoms with Crippen LogP contribution in [0.1, 0.15) is 19.6 Å². The average Bonchev–Trinajstić information content (AvgIpc) is 3.11. The van der Waals surface area contributed by atoms with Crippen LogP contribution in [0, 0.1) is 5.92 Å². The zero-order valence-electron chi connectivity index (χ0n) is 14.9. The van der Waals surface area contributed by atoms with Gasteiger partial charge in [-0.05, 0) is 12.3 Å². The molecule has 27 heavy (non-hydrogen) atoms. The zero-order valence-corrected chi connectivity index (χ0v) is 14.9. The summed E-state index contributed by atoms with van der Waals surface area (Å²) in [7, 11) is 0. The Labute approximate surface area is 155 Å². The molecule has 11 heteroatoms. The van der Waals surface area contributed by atoms with Crippen LogP contribution in [-0.2, 0) is 4.74 Å². The van der Waals surface area contributed by atoms with Gasteiger partial charge in [0.25, 0.3) is 0 Å². The molecule has 2 unspecified atom stereocenters. The highest BCUT2D eigenvalue weighted by Gasteiger charge is 2.44. The molecule has 1 saturated heterocycles. The normalized spacial score (nSPS) is 29.8. The molecule has 6 atom stereocenters. The molecule has 3 rings (SSSR count). The number of aromatic nitrogens is 4. The van der Waals surface area contributed by atoms with Gasteiger partial charge in [-0.25, -0.2) is 15.0 Å². The number of nitrogens with one attached hydrogen (secondary N) is 1. The summed E-state index contributed by atoms with van der Waals surface area (Å²) in [4.78, 5) is 12.5. The number of rotatable bonds is 7. The molecule has 0 aliphatic carbocycles. The Morgan fingerprint density at radius 3 is 2.63 bits per heavy atom. The van der Waals surface area contributed by atoms with Gasteiger partial charge in [0.1, 0.15) is 42.6 Å². The maximum absolute atomic E-state index is 10.4. The molecule has 1 fully saturated rings. The molecule has 0 radical (unpaired) electrons. The largest absolute Gasteiger partial charge is 0.396 e. The highest BCUT2D eigenvalue weighted by Crippen LogP contribution is 2.32. The molecule has 0 amide bonds. The van der Waals surface area contributed by atoms with Crippen molar-refractivity contribution in [3.63, 3.8) is 0 Å². The van der Waals surface area contributed by atoms with E-state index in [1.807, 2.05) is 6.92 Å². The minimum Gasteiger partial charge on any atom is -0.396 e. The first kappa shape index (κ1) is 19.9. The lowest BCUT2D eigenvalue weighted by molar-refractivity contribution is -0.250. The third-order valence-electron chi connectivity index (χ3n) is 4.75. The number of hydrogen-bond donors (Lipinski definition) is 6.